The first-order valence-electron chi connectivity index (χ1n) is 7.84. The molecular formula is C17H17N5OS. The normalized spacial score (nSPS) is 17.2. The van der Waals surface area contributed by atoms with Crippen molar-refractivity contribution < 1.29 is 4.79 Å². The molecule has 2 N–H and O–H groups in total. The molecule has 1 aliphatic rings. The van der Waals surface area contributed by atoms with Gasteiger partial charge in [-0.1, -0.05) is 6.07 Å². The number of carbonyl (C=O) groups excluding carboxylic acids is 1. The zero-order valence-corrected chi connectivity index (χ0v) is 13.8. The van der Waals surface area contributed by atoms with Crippen LogP contribution in [0.25, 0.3) is 11.3 Å². The summed E-state index contributed by atoms with van der Waals surface area (Å²) in [6.45, 7) is 1.67. The molecule has 122 valence electrons. The van der Waals surface area contributed by atoms with Crippen LogP contribution in [-0.4, -0.2) is 40.2 Å². The minimum atomic E-state index is -0.0854. The molecule has 4 rings (SSSR count). The number of anilines is 1. The minimum absolute atomic E-state index is 0.0854. The van der Waals surface area contributed by atoms with Crippen molar-refractivity contribution in [2.75, 3.05) is 18.0 Å². The molecule has 1 atom stereocenters. The smallest absolute Gasteiger partial charge is 0.255 e. The van der Waals surface area contributed by atoms with Crippen LogP contribution in [0.4, 0.5) is 5.82 Å². The molecule has 24 heavy (non-hydrogen) atoms. The van der Waals surface area contributed by atoms with Crippen LogP contribution < -0.4 is 10.2 Å². The first-order chi connectivity index (χ1) is 11.8. The van der Waals surface area contributed by atoms with E-state index < -0.39 is 0 Å². The summed E-state index contributed by atoms with van der Waals surface area (Å²) in [5.74, 6) is 0.870. The molecule has 3 aromatic rings. The van der Waals surface area contributed by atoms with Crippen LogP contribution in [0, 0.1) is 0 Å². The van der Waals surface area contributed by atoms with E-state index in [1.165, 1.54) is 0 Å². The Balaban J connectivity index is 1.44. The van der Waals surface area contributed by atoms with Crippen molar-refractivity contribution in [3.63, 3.8) is 0 Å². The van der Waals surface area contributed by atoms with E-state index in [2.05, 4.69) is 25.4 Å². The van der Waals surface area contributed by atoms with E-state index in [1.54, 1.807) is 23.7 Å². The lowest BCUT2D eigenvalue weighted by molar-refractivity contribution is 0.0941. The zero-order chi connectivity index (χ0) is 16.4. The van der Waals surface area contributed by atoms with E-state index in [1.807, 2.05) is 35.0 Å². The first kappa shape index (κ1) is 14.9. The topological polar surface area (TPSA) is 73.9 Å². The molecule has 1 fully saturated rings. The van der Waals surface area contributed by atoms with Crippen molar-refractivity contribution in [1.29, 1.82) is 0 Å². The van der Waals surface area contributed by atoms with Gasteiger partial charge in [-0.3, -0.25) is 9.89 Å². The van der Waals surface area contributed by atoms with Crippen molar-refractivity contribution in [3.05, 3.63) is 53.0 Å². The second-order valence-electron chi connectivity index (χ2n) is 5.76. The summed E-state index contributed by atoms with van der Waals surface area (Å²) in [7, 11) is 0. The molecule has 3 aromatic heterocycles. The molecule has 7 heteroatoms. The van der Waals surface area contributed by atoms with Crippen LogP contribution in [0.15, 0.2) is 47.4 Å². The number of pyridine rings is 1. The van der Waals surface area contributed by atoms with Crippen molar-refractivity contribution in [1.82, 2.24) is 20.5 Å². The Kier molecular flexibility index (Phi) is 4.00. The Morgan fingerprint density at radius 2 is 2.33 bits per heavy atom. The van der Waals surface area contributed by atoms with Crippen LogP contribution in [0.3, 0.4) is 0 Å². The molecule has 0 saturated carbocycles. The summed E-state index contributed by atoms with van der Waals surface area (Å²) in [5, 5.41) is 14.1. The van der Waals surface area contributed by atoms with Gasteiger partial charge in [0.05, 0.1) is 17.5 Å². The van der Waals surface area contributed by atoms with Gasteiger partial charge in [0.25, 0.3) is 5.91 Å². The number of nitrogens with zero attached hydrogens (tertiary/aromatic N) is 3. The molecule has 1 amide bonds. The number of aromatic nitrogens is 3. The van der Waals surface area contributed by atoms with Gasteiger partial charge in [0.15, 0.2) is 0 Å². The molecule has 0 spiro atoms. The molecule has 1 saturated heterocycles. The van der Waals surface area contributed by atoms with E-state index in [0.29, 0.717) is 5.56 Å². The van der Waals surface area contributed by atoms with E-state index >= 15 is 0 Å². The molecule has 0 aliphatic carbocycles. The Morgan fingerprint density at radius 1 is 1.38 bits per heavy atom. The maximum absolute atomic E-state index is 12.6. The van der Waals surface area contributed by atoms with Crippen LogP contribution in [0.5, 0.6) is 0 Å². The van der Waals surface area contributed by atoms with Gasteiger partial charge in [-0.25, -0.2) is 4.98 Å². The Labute approximate surface area is 143 Å². The van der Waals surface area contributed by atoms with E-state index in [9.17, 15) is 4.79 Å². The summed E-state index contributed by atoms with van der Waals surface area (Å²) in [6, 6.07) is 7.98. The third-order valence-corrected chi connectivity index (χ3v) is 4.87. The largest absolute Gasteiger partial charge is 0.354 e. The summed E-state index contributed by atoms with van der Waals surface area (Å²) in [4.78, 5) is 19.2. The van der Waals surface area contributed by atoms with Gasteiger partial charge in [0, 0.05) is 36.3 Å². The predicted molar refractivity (Wildman–Crippen MR) is 94.2 cm³/mol. The highest BCUT2D eigenvalue weighted by atomic mass is 32.1. The van der Waals surface area contributed by atoms with Crippen molar-refractivity contribution in [3.8, 4) is 11.3 Å². The molecule has 4 heterocycles. The molecule has 1 aliphatic heterocycles. The van der Waals surface area contributed by atoms with Gasteiger partial charge in [0.1, 0.15) is 5.82 Å². The van der Waals surface area contributed by atoms with Gasteiger partial charge in [-0.05, 0) is 30.0 Å². The van der Waals surface area contributed by atoms with Crippen LogP contribution in [-0.2, 0) is 0 Å². The van der Waals surface area contributed by atoms with Gasteiger partial charge < -0.3 is 10.2 Å². The molecule has 0 bridgehead atoms. The Bertz CT molecular complexity index is 815. The molecule has 0 radical (unpaired) electrons. The standard InChI is InChI=1S/C17H17N5OS/c23-17(14-9-19-21-16(14)12-5-8-24-11-12)20-13-4-7-22(10-13)15-3-1-2-6-18-15/h1-3,5-6,8-9,11,13H,4,7,10H2,(H,19,21)(H,20,23). The third kappa shape index (κ3) is 2.90. The lowest BCUT2D eigenvalue weighted by Gasteiger charge is -2.17. The van der Waals surface area contributed by atoms with Crippen LogP contribution in [0.1, 0.15) is 16.8 Å². The lowest BCUT2D eigenvalue weighted by atomic mass is 10.1. The van der Waals surface area contributed by atoms with Crippen LogP contribution >= 0.6 is 11.3 Å². The lowest BCUT2D eigenvalue weighted by Crippen LogP contribution is -2.37. The first-order valence-corrected chi connectivity index (χ1v) is 8.78. The number of aromatic amines is 1. The number of thiophene rings is 1. The van der Waals surface area contributed by atoms with Gasteiger partial charge in [-0.15, -0.1) is 0 Å². The summed E-state index contributed by atoms with van der Waals surface area (Å²) in [6.07, 6.45) is 4.29. The molecule has 6 nitrogen and oxygen atoms in total. The quantitative estimate of drug-likeness (QED) is 0.766. The summed E-state index contributed by atoms with van der Waals surface area (Å²) >= 11 is 1.60. The van der Waals surface area contributed by atoms with Crippen molar-refractivity contribution in [2.24, 2.45) is 0 Å². The number of H-pyrrole nitrogens is 1. The third-order valence-electron chi connectivity index (χ3n) is 4.19. The van der Waals surface area contributed by atoms with Crippen molar-refractivity contribution >= 4 is 23.1 Å². The van der Waals surface area contributed by atoms with E-state index in [-0.39, 0.29) is 11.9 Å². The SMILES string of the molecule is O=C(NC1CCN(c2ccccn2)C1)c1cn[nH]c1-c1ccsc1. The maximum atomic E-state index is 12.6. The fraction of sp³-hybridized carbons (Fsp3) is 0.235. The number of hydrogen-bond donors (Lipinski definition) is 2. The fourth-order valence-corrected chi connectivity index (χ4v) is 3.62. The number of hydrogen-bond acceptors (Lipinski definition) is 5. The van der Waals surface area contributed by atoms with E-state index in [4.69, 9.17) is 0 Å². The maximum Gasteiger partial charge on any atom is 0.255 e. The Hall–Kier alpha value is -2.67. The van der Waals surface area contributed by atoms with Gasteiger partial charge in [-0.2, -0.15) is 16.4 Å². The average Bonchev–Trinajstić information content (AvgIpc) is 3.36. The van der Waals surface area contributed by atoms with E-state index in [0.717, 1.165) is 36.6 Å². The average molecular weight is 339 g/mol. The van der Waals surface area contributed by atoms with Gasteiger partial charge >= 0.3 is 0 Å². The monoisotopic (exact) mass is 339 g/mol. The number of rotatable bonds is 4. The number of carbonyl (C=O) groups is 1. The number of nitrogens with one attached hydrogen (secondary N) is 2. The van der Waals surface area contributed by atoms with Crippen LogP contribution in [0.2, 0.25) is 0 Å². The minimum Gasteiger partial charge on any atom is -0.354 e. The second kappa shape index (κ2) is 6.45. The van der Waals surface area contributed by atoms with Crippen molar-refractivity contribution in [2.45, 2.75) is 12.5 Å². The summed E-state index contributed by atoms with van der Waals surface area (Å²) in [5.41, 5.74) is 2.35. The van der Waals surface area contributed by atoms with Gasteiger partial charge in [0.2, 0.25) is 0 Å². The molecule has 0 aromatic carbocycles. The molecular weight excluding hydrogens is 322 g/mol. The molecule has 1 unspecified atom stereocenters. The number of amides is 1. The Morgan fingerprint density at radius 3 is 3.12 bits per heavy atom. The predicted octanol–water partition coefficient (Wildman–Crippen LogP) is 2.54. The fourth-order valence-electron chi connectivity index (χ4n) is 2.98. The zero-order valence-electron chi connectivity index (χ0n) is 13.0. The highest BCUT2D eigenvalue weighted by Crippen LogP contribution is 2.24. The second-order valence-corrected chi connectivity index (χ2v) is 6.54. The highest BCUT2D eigenvalue weighted by molar-refractivity contribution is 7.08. The summed E-state index contributed by atoms with van der Waals surface area (Å²) < 4.78 is 0. The highest BCUT2D eigenvalue weighted by Gasteiger charge is 2.26.